The molecule has 0 unspecified atom stereocenters. The molecule has 0 fully saturated rings. The summed E-state index contributed by atoms with van der Waals surface area (Å²) in [6.07, 6.45) is 0.886. The van der Waals surface area contributed by atoms with Gasteiger partial charge < -0.3 is 15.2 Å². The average molecular weight is 279 g/mol. The fourth-order valence-corrected chi connectivity index (χ4v) is 1.62. The number of nitrogen functional groups attached to an aromatic ring is 1. The second-order valence-electron chi connectivity index (χ2n) is 3.92. The first-order valence-electron chi connectivity index (χ1n) is 6.02. The lowest BCUT2D eigenvalue weighted by atomic mass is 10.3. The first kappa shape index (κ1) is 13.5. The molecule has 4 nitrogen and oxygen atoms in total. The summed E-state index contributed by atoms with van der Waals surface area (Å²) in [7, 11) is 0. The molecule has 0 radical (unpaired) electrons. The van der Waals surface area contributed by atoms with Crippen molar-refractivity contribution in [3.8, 4) is 17.5 Å². The Hall–Kier alpha value is -1.94. The van der Waals surface area contributed by atoms with Gasteiger partial charge in [0, 0.05) is 6.07 Å². The van der Waals surface area contributed by atoms with Crippen LogP contribution in [0.3, 0.4) is 0 Å². The van der Waals surface area contributed by atoms with Gasteiger partial charge in [-0.2, -0.15) is 4.98 Å². The minimum atomic E-state index is 0.381. The van der Waals surface area contributed by atoms with Crippen molar-refractivity contribution in [2.24, 2.45) is 0 Å². The van der Waals surface area contributed by atoms with Crippen LogP contribution in [0.15, 0.2) is 36.4 Å². The number of pyridine rings is 1. The van der Waals surface area contributed by atoms with E-state index in [1.54, 1.807) is 24.3 Å². The van der Waals surface area contributed by atoms with Gasteiger partial charge in [-0.05, 0) is 24.6 Å². The molecule has 0 spiro atoms. The molecule has 2 rings (SSSR count). The van der Waals surface area contributed by atoms with Crippen molar-refractivity contribution in [3.05, 3.63) is 41.4 Å². The number of para-hydroxylation sites is 1. The molecule has 0 aliphatic carbocycles. The molecule has 2 N–H and O–H groups in total. The third kappa shape index (κ3) is 3.51. The summed E-state index contributed by atoms with van der Waals surface area (Å²) in [5, 5.41) is 0.525. The van der Waals surface area contributed by atoms with E-state index >= 15 is 0 Å². The molecule has 2 aromatic rings. The van der Waals surface area contributed by atoms with Crippen LogP contribution in [0.4, 0.5) is 5.69 Å². The highest BCUT2D eigenvalue weighted by Crippen LogP contribution is 2.30. The van der Waals surface area contributed by atoms with E-state index in [9.17, 15) is 0 Å². The highest BCUT2D eigenvalue weighted by molar-refractivity contribution is 6.32. The van der Waals surface area contributed by atoms with Crippen LogP contribution in [-0.4, -0.2) is 11.6 Å². The molecular formula is C14H15ClN2O2. The fourth-order valence-electron chi connectivity index (χ4n) is 1.45. The zero-order valence-corrected chi connectivity index (χ0v) is 11.4. The van der Waals surface area contributed by atoms with Crippen molar-refractivity contribution >= 4 is 17.3 Å². The first-order valence-corrected chi connectivity index (χ1v) is 6.40. The Balaban J connectivity index is 2.19. The van der Waals surface area contributed by atoms with E-state index in [0.717, 1.165) is 6.42 Å². The van der Waals surface area contributed by atoms with Crippen LogP contribution in [0.5, 0.6) is 17.5 Å². The molecule has 0 aliphatic rings. The zero-order chi connectivity index (χ0) is 13.7. The van der Waals surface area contributed by atoms with Gasteiger partial charge in [0.15, 0.2) is 0 Å². The lowest BCUT2D eigenvalue weighted by molar-refractivity contribution is 0.302. The van der Waals surface area contributed by atoms with E-state index in [4.69, 9.17) is 26.8 Å². The topological polar surface area (TPSA) is 57.4 Å². The number of nitrogens with two attached hydrogens (primary N) is 1. The van der Waals surface area contributed by atoms with Crippen molar-refractivity contribution in [3.63, 3.8) is 0 Å². The number of ether oxygens (including phenoxy) is 2. The van der Waals surface area contributed by atoms with Gasteiger partial charge in [-0.15, -0.1) is 0 Å². The predicted molar refractivity (Wildman–Crippen MR) is 76.0 cm³/mol. The number of anilines is 1. The van der Waals surface area contributed by atoms with Crippen molar-refractivity contribution in [1.29, 1.82) is 0 Å². The average Bonchev–Trinajstić information content (AvgIpc) is 2.42. The summed E-state index contributed by atoms with van der Waals surface area (Å²) in [5.74, 6) is 1.32. The molecule has 5 heteroatoms. The minimum absolute atomic E-state index is 0.381. The first-order chi connectivity index (χ1) is 9.20. The Bertz CT molecular complexity index is 561. The van der Waals surface area contributed by atoms with Gasteiger partial charge in [-0.25, -0.2) is 0 Å². The number of aromatic nitrogens is 1. The maximum absolute atomic E-state index is 6.02. The maximum Gasteiger partial charge on any atom is 0.240 e. The van der Waals surface area contributed by atoms with Gasteiger partial charge in [0.05, 0.1) is 17.3 Å². The van der Waals surface area contributed by atoms with E-state index in [-0.39, 0.29) is 0 Å². The summed E-state index contributed by atoms with van der Waals surface area (Å²) >= 11 is 6.02. The summed E-state index contributed by atoms with van der Waals surface area (Å²) in [5.41, 5.74) is 6.27. The second-order valence-corrected chi connectivity index (χ2v) is 4.33. The highest BCUT2D eigenvalue weighted by Gasteiger charge is 2.07. The van der Waals surface area contributed by atoms with Gasteiger partial charge in [-0.3, -0.25) is 0 Å². The number of rotatable bonds is 5. The van der Waals surface area contributed by atoms with Crippen molar-refractivity contribution in [1.82, 2.24) is 4.98 Å². The summed E-state index contributed by atoms with van der Waals surface area (Å²) in [6, 6.07) is 10.6. The lowest BCUT2D eigenvalue weighted by Gasteiger charge is -2.10. The van der Waals surface area contributed by atoms with E-state index in [2.05, 4.69) is 4.98 Å². The van der Waals surface area contributed by atoms with Crippen molar-refractivity contribution in [2.75, 3.05) is 12.3 Å². The van der Waals surface area contributed by atoms with Gasteiger partial charge in [0.25, 0.3) is 0 Å². The molecule has 0 saturated carbocycles. The Morgan fingerprint density at radius 1 is 1.21 bits per heavy atom. The monoisotopic (exact) mass is 278 g/mol. The Morgan fingerprint density at radius 3 is 2.74 bits per heavy atom. The highest BCUT2D eigenvalue weighted by atomic mass is 35.5. The molecule has 1 heterocycles. The smallest absolute Gasteiger partial charge is 0.240 e. The number of benzene rings is 1. The van der Waals surface area contributed by atoms with Crippen LogP contribution in [-0.2, 0) is 0 Å². The van der Waals surface area contributed by atoms with E-state index < -0.39 is 0 Å². The van der Waals surface area contributed by atoms with Crippen LogP contribution in [0.25, 0.3) is 0 Å². The molecule has 1 aromatic carbocycles. The Kier molecular flexibility index (Phi) is 4.47. The van der Waals surface area contributed by atoms with Gasteiger partial charge in [-0.1, -0.05) is 30.7 Å². The standard InChI is InChI=1S/C14H15ClN2O2/c1-2-9-18-14-11(16)7-8-13(17-14)19-12-6-4-3-5-10(12)15/h3-8H,2,9,16H2,1H3. The van der Waals surface area contributed by atoms with E-state index in [0.29, 0.717) is 34.8 Å². The van der Waals surface area contributed by atoms with Crippen LogP contribution in [0, 0.1) is 0 Å². The molecule has 0 aliphatic heterocycles. The molecular weight excluding hydrogens is 264 g/mol. The molecule has 0 amide bonds. The van der Waals surface area contributed by atoms with Crippen LogP contribution < -0.4 is 15.2 Å². The van der Waals surface area contributed by atoms with Gasteiger partial charge in [0.1, 0.15) is 5.75 Å². The third-order valence-electron chi connectivity index (χ3n) is 2.36. The minimum Gasteiger partial charge on any atom is -0.476 e. The number of hydrogen-bond acceptors (Lipinski definition) is 4. The second kappa shape index (κ2) is 6.29. The van der Waals surface area contributed by atoms with Gasteiger partial charge >= 0.3 is 0 Å². The summed E-state index contributed by atoms with van der Waals surface area (Å²) in [6.45, 7) is 2.58. The molecule has 0 bridgehead atoms. The molecule has 1 aromatic heterocycles. The largest absolute Gasteiger partial charge is 0.476 e. The normalized spacial score (nSPS) is 10.2. The Labute approximate surface area is 117 Å². The fraction of sp³-hybridized carbons (Fsp3) is 0.214. The quantitative estimate of drug-likeness (QED) is 0.901. The summed E-state index contributed by atoms with van der Waals surface area (Å²) < 4.78 is 11.1. The van der Waals surface area contributed by atoms with Gasteiger partial charge in [0.2, 0.25) is 11.8 Å². The molecule has 0 saturated heterocycles. The number of hydrogen-bond donors (Lipinski definition) is 1. The predicted octanol–water partition coefficient (Wildman–Crippen LogP) is 3.90. The van der Waals surface area contributed by atoms with Crippen LogP contribution in [0.1, 0.15) is 13.3 Å². The number of nitrogens with zero attached hydrogens (tertiary/aromatic N) is 1. The van der Waals surface area contributed by atoms with E-state index in [1.807, 2.05) is 19.1 Å². The summed E-state index contributed by atoms with van der Waals surface area (Å²) in [4.78, 5) is 4.22. The van der Waals surface area contributed by atoms with Crippen LogP contribution in [0.2, 0.25) is 5.02 Å². The van der Waals surface area contributed by atoms with E-state index in [1.165, 1.54) is 0 Å². The molecule has 100 valence electrons. The van der Waals surface area contributed by atoms with Crippen molar-refractivity contribution in [2.45, 2.75) is 13.3 Å². The van der Waals surface area contributed by atoms with Crippen LogP contribution >= 0.6 is 11.6 Å². The third-order valence-corrected chi connectivity index (χ3v) is 2.67. The number of halogens is 1. The zero-order valence-electron chi connectivity index (χ0n) is 10.6. The molecule has 0 atom stereocenters. The SMILES string of the molecule is CCCOc1nc(Oc2ccccc2Cl)ccc1N. The van der Waals surface area contributed by atoms with Crippen molar-refractivity contribution < 1.29 is 9.47 Å². The Morgan fingerprint density at radius 2 is 2.00 bits per heavy atom. The molecule has 19 heavy (non-hydrogen) atoms. The lowest BCUT2D eigenvalue weighted by Crippen LogP contribution is -2.02. The maximum atomic E-state index is 6.02.